The first-order valence-corrected chi connectivity index (χ1v) is 12.9. The summed E-state index contributed by atoms with van der Waals surface area (Å²) in [5.41, 5.74) is 6.12. The summed E-state index contributed by atoms with van der Waals surface area (Å²) in [6.07, 6.45) is 5.17. The van der Waals surface area contributed by atoms with Gasteiger partial charge in [-0.25, -0.2) is 15.6 Å². The van der Waals surface area contributed by atoms with Gasteiger partial charge in [-0.05, 0) is 61.7 Å². The van der Waals surface area contributed by atoms with Crippen LogP contribution in [0.4, 0.5) is 0 Å². The molecule has 0 saturated carbocycles. The number of nitrogens with one attached hydrogen (secondary N) is 1. The van der Waals surface area contributed by atoms with Crippen LogP contribution in [0.1, 0.15) is 51.1 Å². The lowest BCUT2D eigenvalue weighted by molar-refractivity contribution is -0.143. The number of carbonyl (C=O) groups is 3. The van der Waals surface area contributed by atoms with E-state index in [-0.39, 0.29) is 18.3 Å². The highest BCUT2D eigenvalue weighted by Gasteiger charge is 2.32. The maximum Gasteiger partial charge on any atom is 0.326 e. The third kappa shape index (κ3) is 6.31. The highest BCUT2D eigenvalue weighted by atomic mass is 35.5. The molecule has 1 saturated heterocycles. The summed E-state index contributed by atoms with van der Waals surface area (Å²) in [5.74, 6) is 9.67. The third-order valence-electron chi connectivity index (χ3n) is 6.77. The second-order valence-electron chi connectivity index (χ2n) is 9.29. The van der Waals surface area contributed by atoms with E-state index in [9.17, 15) is 19.5 Å². The van der Waals surface area contributed by atoms with E-state index in [1.807, 2.05) is 24.3 Å². The van der Waals surface area contributed by atoms with Crippen molar-refractivity contribution in [3.05, 3.63) is 94.3 Å². The van der Waals surface area contributed by atoms with E-state index in [2.05, 4.69) is 27.2 Å². The summed E-state index contributed by atoms with van der Waals surface area (Å²) < 4.78 is 0. The Morgan fingerprint density at radius 2 is 1.83 bits per heavy atom. The molecule has 0 radical (unpaired) electrons. The standard InChI is InChI=1S/C30H24ClN5O4.ClH/c31-24-15-21(29(38)36-14-2-1-3-27(36)30(39)40)11-10-19(24)7-4-18-5-8-20(9-6-18)26-16-22(28(37)35-32)23-17-33-13-12-25(23)34-26;/h5-6,8-13,15-17,27H,1-3,14,32H2,(H,35,37)(H,39,40);1H. The van der Waals surface area contributed by atoms with E-state index < -0.39 is 17.9 Å². The Morgan fingerprint density at radius 3 is 2.54 bits per heavy atom. The number of carboxylic acids is 1. The van der Waals surface area contributed by atoms with E-state index in [1.165, 1.54) is 11.0 Å². The summed E-state index contributed by atoms with van der Waals surface area (Å²) in [6.45, 7) is 0.401. The second kappa shape index (κ2) is 12.8. The minimum atomic E-state index is -0.997. The molecule has 2 amide bonds. The molecule has 5 rings (SSSR count). The molecule has 1 fully saturated rings. The number of nitrogens with zero attached hydrogens (tertiary/aromatic N) is 3. The Kier molecular flexibility index (Phi) is 9.20. The van der Waals surface area contributed by atoms with Gasteiger partial charge in [-0.15, -0.1) is 12.4 Å². The molecule has 208 valence electrons. The van der Waals surface area contributed by atoms with E-state index in [0.717, 1.165) is 24.0 Å². The lowest BCUT2D eigenvalue weighted by atomic mass is 10.0. The fraction of sp³-hybridized carbons (Fsp3) is 0.167. The molecule has 2 aromatic heterocycles. The average molecular weight is 590 g/mol. The van der Waals surface area contributed by atoms with E-state index in [0.29, 0.717) is 51.3 Å². The Bertz CT molecular complexity index is 1700. The molecular weight excluding hydrogens is 565 g/mol. The van der Waals surface area contributed by atoms with Crippen LogP contribution < -0.4 is 11.3 Å². The Balaban J connectivity index is 0.00000387. The van der Waals surface area contributed by atoms with E-state index >= 15 is 0 Å². The van der Waals surface area contributed by atoms with Gasteiger partial charge in [-0.2, -0.15) is 0 Å². The zero-order valence-electron chi connectivity index (χ0n) is 21.6. The molecule has 0 bridgehead atoms. The molecule has 1 unspecified atom stereocenters. The van der Waals surface area contributed by atoms with Crippen molar-refractivity contribution in [2.24, 2.45) is 5.84 Å². The van der Waals surface area contributed by atoms with Gasteiger partial charge >= 0.3 is 5.97 Å². The monoisotopic (exact) mass is 589 g/mol. The Hall–Kier alpha value is -4.49. The first kappa shape index (κ1) is 29.5. The number of pyridine rings is 2. The Morgan fingerprint density at radius 1 is 1.05 bits per heavy atom. The number of fused-ring (bicyclic) bond motifs is 1. The predicted octanol–water partition coefficient (Wildman–Crippen LogP) is 4.45. The number of hydrogen-bond acceptors (Lipinski definition) is 6. The predicted molar refractivity (Wildman–Crippen MR) is 158 cm³/mol. The Labute approximate surface area is 247 Å². The van der Waals surface area contributed by atoms with Crippen LogP contribution in [0.3, 0.4) is 0 Å². The van der Waals surface area contributed by atoms with Crippen molar-refractivity contribution in [2.75, 3.05) is 6.54 Å². The van der Waals surface area contributed by atoms with Crippen molar-refractivity contribution >= 4 is 52.7 Å². The zero-order chi connectivity index (χ0) is 28.2. The third-order valence-corrected chi connectivity index (χ3v) is 7.09. The summed E-state index contributed by atoms with van der Waals surface area (Å²) in [6, 6.07) is 14.7. The van der Waals surface area contributed by atoms with Gasteiger partial charge in [0.25, 0.3) is 11.8 Å². The van der Waals surface area contributed by atoms with Crippen molar-refractivity contribution in [1.29, 1.82) is 0 Å². The first-order valence-electron chi connectivity index (χ1n) is 12.6. The molecule has 0 aliphatic carbocycles. The maximum atomic E-state index is 13.0. The normalized spacial score (nSPS) is 14.4. The highest BCUT2D eigenvalue weighted by molar-refractivity contribution is 6.32. The topological polar surface area (TPSA) is 139 Å². The van der Waals surface area contributed by atoms with Gasteiger partial charge in [0.05, 0.1) is 21.8 Å². The number of amides is 2. The van der Waals surface area contributed by atoms with Gasteiger partial charge in [0.1, 0.15) is 6.04 Å². The van der Waals surface area contributed by atoms with Gasteiger partial charge in [0.15, 0.2) is 0 Å². The van der Waals surface area contributed by atoms with Crippen LogP contribution in [0.5, 0.6) is 0 Å². The van der Waals surface area contributed by atoms with Crippen LogP contribution in [-0.4, -0.2) is 50.3 Å². The lowest BCUT2D eigenvalue weighted by Crippen LogP contribution is -2.47. The van der Waals surface area contributed by atoms with Crippen LogP contribution in [0, 0.1) is 11.8 Å². The van der Waals surface area contributed by atoms with Gasteiger partial charge in [-0.3, -0.25) is 20.0 Å². The number of nitrogens with two attached hydrogens (primary N) is 1. The number of aromatic nitrogens is 2. The number of rotatable bonds is 4. The number of likely N-dealkylation sites (tertiary alicyclic amines) is 1. The number of carbonyl (C=O) groups excluding carboxylic acids is 2. The number of carboxylic acid groups (broad SMARTS) is 1. The van der Waals surface area contributed by atoms with Crippen LogP contribution in [0.25, 0.3) is 22.2 Å². The smallest absolute Gasteiger partial charge is 0.326 e. The maximum absolute atomic E-state index is 13.0. The quantitative estimate of drug-likeness (QED) is 0.138. The van der Waals surface area contributed by atoms with Crippen LogP contribution in [-0.2, 0) is 4.79 Å². The molecule has 0 spiro atoms. The molecule has 4 N–H and O–H groups in total. The molecule has 9 nitrogen and oxygen atoms in total. The molecule has 2 aromatic carbocycles. The molecule has 1 atom stereocenters. The number of hydrogen-bond donors (Lipinski definition) is 3. The molecular formula is C30H25Cl2N5O4. The summed E-state index contributed by atoms with van der Waals surface area (Å²) in [4.78, 5) is 47.0. The van der Waals surface area contributed by atoms with E-state index in [1.54, 1.807) is 36.7 Å². The van der Waals surface area contributed by atoms with Crippen LogP contribution in [0.2, 0.25) is 5.02 Å². The summed E-state index contributed by atoms with van der Waals surface area (Å²) in [7, 11) is 0. The average Bonchev–Trinajstić information content (AvgIpc) is 2.99. The van der Waals surface area contributed by atoms with Crippen molar-refractivity contribution in [1.82, 2.24) is 20.3 Å². The van der Waals surface area contributed by atoms with E-state index in [4.69, 9.17) is 17.4 Å². The van der Waals surface area contributed by atoms with Gasteiger partial charge < -0.3 is 10.0 Å². The summed E-state index contributed by atoms with van der Waals surface area (Å²) in [5, 5.41) is 10.4. The fourth-order valence-electron chi connectivity index (χ4n) is 4.69. The SMILES string of the molecule is Cl.NNC(=O)c1cc(-c2ccc(C#Cc3ccc(C(=O)N4CCCCC4C(=O)O)cc3Cl)cc2)nc2ccncc12. The second-order valence-corrected chi connectivity index (χ2v) is 9.70. The van der Waals surface area contributed by atoms with Crippen LogP contribution in [0.15, 0.2) is 67.0 Å². The van der Waals surface area contributed by atoms with Gasteiger partial charge in [-0.1, -0.05) is 35.6 Å². The molecule has 1 aliphatic heterocycles. The summed E-state index contributed by atoms with van der Waals surface area (Å²) >= 11 is 6.44. The number of nitrogen functional groups attached to an aromatic ring is 1. The van der Waals surface area contributed by atoms with Crippen LogP contribution >= 0.6 is 24.0 Å². The van der Waals surface area contributed by atoms with Crippen molar-refractivity contribution in [3.8, 4) is 23.1 Å². The number of benzene rings is 2. The van der Waals surface area contributed by atoms with Gasteiger partial charge in [0.2, 0.25) is 0 Å². The molecule has 41 heavy (non-hydrogen) atoms. The number of aliphatic carboxylic acids is 1. The lowest BCUT2D eigenvalue weighted by Gasteiger charge is -2.33. The first-order chi connectivity index (χ1) is 19.4. The van der Waals surface area contributed by atoms with Crippen molar-refractivity contribution in [2.45, 2.75) is 25.3 Å². The number of piperidine rings is 1. The highest BCUT2D eigenvalue weighted by Crippen LogP contribution is 2.26. The van der Waals surface area contributed by atoms with Crippen molar-refractivity contribution in [3.63, 3.8) is 0 Å². The molecule has 4 aromatic rings. The fourth-order valence-corrected chi connectivity index (χ4v) is 4.92. The number of halogens is 2. The molecule has 11 heteroatoms. The minimum Gasteiger partial charge on any atom is -0.480 e. The molecule has 3 heterocycles. The minimum absolute atomic E-state index is 0. The van der Waals surface area contributed by atoms with Gasteiger partial charge in [0, 0.05) is 46.6 Å². The number of hydrazine groups is 1. The molecule has 1 aliphatic rings. The largest absolute Gasteiger partial charge is 0.480 e. The van der Waals surface area contributed by atoms with Crippen molar-refractivity contribution < 1.29 is 19.5 Å². The zero-order valence-corrected chi connectivity index (χ0v) is 23.2.